The van der Waals surface area contributed by atoms with Gasteiger partial charge in [-0.2, -0.15) is 0 Å². The highest BCUT2D eigenvalue weighted by molar-refractivity contribution is 7.99. The van der Waals surface area contributed by atoms with Crippen LogP contribution in [0.15, 0.2) is 54.5 Å². The van der Waals surface area contributed by atoms with Crippen molar-refractivity contribution in [2.75, 3.05) is 18.8 Å². The van der Waals surface area contributed by atoms with E-state index in [-0.39, 0.29) is 11.8 Å². The molecule has 0 aliphatic heterocycles. The molecule has 0 aliphatic carbocycles. The second kappa shape index (κ2) is 10.1. The van der Waals surface area contributed by atoms with E-state index < -0.39 is 6.04 Å². The molecule has 0 saturated heterocycles. The molecule has 6 heteroatoms. The summed E-state index contributed by atoms with van der Waals surface area (Å²) in [6, 6.07) is 6.75. The van der Waals surface area contributed by atoms with Gasteiger partial charge in [0.2, 0.25) is 11.8 Å². The molecule has 0 fully saturated rings. The second-order valence-electron chi connectivity index (χ2n) is 4.84. The van der Waals surface area contributed by atoms with Gasteiger partial charge in [0.15, 0.2) is 0 Å². The van der Waals surface area contributed by atoms with Crippen molar-refractivity contribution < 1.29 is 9.59 Å². The average molecular weight is 353 g/mol. The fraction of sp³-hybridized carbons (Fsp3) is 0.294. The molecule has 2 amide bonds. The van der Waals surface area contributed by atoms with Crippen LogP contribution in [0.1, 0.15) is 6.92 Å². The first-order valence-corrected chi connectivity index (χ1v) is 8.50. The van der Waals surface area contributed by atoms with E-state index in [9.17, 15) is 9.59 Å². The third-order valence-corrected chi connectivity index (χ3v) is 4.27. The van der Waals surface area contributed by atoms with Crippen LogP contribution >= 0.6 is 23.4 Å². The zero-order valence-electron chi connectivity index (χ0n) is 13.1. The monoisotopic (exact) mass is 352 g/mol. The molecular formula is C17H21ClN2O2S. The summed E-state index contributed by atoms with van der Waals surface area (Å²) >= 11 is 7.35. The lowest BCUT2D eigenvalue weighted by Gasteiger charge is -2.25. The molecule has 1 N–H and O–H groups in total. The summed E-state index contributed by atoms with van der Waals surface area (Å²) < 4.78 is 0. The number of carbonyl (C=O) groups excluding carboxylic acids is 2. The Morgan fingerprint density at radius 1 is 1.26 bits per heavy atom. The Hall–Kier alpha value is -1.72. The summed E-state index contributed by atoms with van der Waals surface area (Å²) in [7, 11) is 0. The largest absolute Gasteiger partial charge is 0.344 e. The molecule has 0 aliphatic rings. The van der Waals surface area contributed by atoms with Crippen LogP contribution in [-0.2, 0) is 9.59 Å². The lowest BCUT2D eigenvalue weighted by molar-refractivity contribution is -0.134. The maximum Gasteiger partial charge on any atom is 0.246 e. The van der Waals surface area contributed by atoms with Crippen LogP contribution < -0.4 is 5.32 Å². The SMILES string of the molecule is C=CCN(CC=C)C(=O)C(CSc1ccc(Cl)cc1)NC(C)=O. The van der Waals surface area contributed by atoms with Crippen molar-refractivity contribution in [1.29, 1.82) is 0 Å². The Labute approximate surface area is 146 Å². The highest BCUT2D eigenvalue weighted by Gasteiger charge is 2.24. The Balaban J connectivity index is 2.78. The van der Waals surface area contributed by atoms with Crippen molar-refractivity contribution >= 4 is 35.2 Å². The minimum absolute atomic E-state index is 0.151. The maximum atomic E-state index is 12.6. The highest BCUT2D eigenvalue weighted by atomic mass is 35.5. The molecule has 124 valence electrons. The number of hydrogen-bond donors (Lipinski definition) is 1. The lowest BCUT2D eigenvalue weighted by atomic mass is 10.2. The standard InChI is InChI=1S/C17H21ClN2O2S/c1-4-10-20(11-5-2)17(22)16(19-13(3)21)12-23-15-8-6-14(18)7-9-15/h4-9,16H,1-2,10-12H2,3H3,(H,19,21). The Morgan fingerprint density at radius 3 is 2.30 bits per heavy atom. The maximum absolute atomic E-state index is 12.6. The minimum atomic E-state index is -0.604. The molecule has 0 spiro atoms. The van der Waals surface area contributed by atoms with Crippen LogP contribution in [0, 0.1) is 0 Å². The van der Waals surface area contributed by atoms with Crippen molar-refractivity contribution in [2.24, 2.45) is 0 Å². The van der Waals surface area contributed by atoms with Crippen molar-refractivity contribution in [1.82, 2.24) is 10.2 Å². The predicted octanol–water partition coefficient (Wildman–Crippen LogP) is 3.14. The molecule has 4 nitrogen and oxygen atoms in total. The van der Waals surface area contributed by atoms with Gasteiger partial charge in [-0.15, -0.1) is 24.9 Å². The summed E-state index contributed by atoms with van der Waals surface area (Å²) in [5, 5.41) is 3.37. The first kappa shape index (κ1) is 19.3. The zero-order valence-corrected chi connectivity index (χ0v) is 14.7. The third-order valence-electron chi connectivity index (χ3n) is 2.92. The summed E-state index contributed by atoms with van der Waals surface area (Å²) in [5.41, 5.74) is 0. The van der Waals surface area contributed by atoms with Crippen LogP contribution in [0.5, 0.6) is 0 Å². The van der Waals surface area contributed by atoms with Gasteiger partial charge < -0.3 is 10.2 Å². The molecule has 0 aromatic heterocycles. The van der Waals surface area contributed by atoms with Crippen LogP contribution in [0.2, 0.25) is 5.02 Å². The quantitative estimate of drug-likeness (QED) is 0.548. The van der Waals surface area contributed by atoms with Crippen molar-refractivity contribution in [3.05, 3.63) is 54.6 Å². The Bertz CT molecular complexity index is 550. The third kappa shape index (κ3) is 6.93. The number of hydrogen-bond acceptors (Lipinski definition) is 3. The van der Waals surface area contributed by atoms with Crippen LogP contribution in [0.3, 0.4) is 0 Å². The van der Waals surface area contributed by atoms with Crippen LogP contribution in [0.25, 0.3) is 0 Å². The number of carbonyl (C=O) groups is 2. The van der Waals surface area contributed by atoms with Crippen LogP contribution in [0.4, 0.5) is 0 Å². The molecule has 1 atom stereocenters. The van der Waals surface area contributed by atoms with E-state index in [0.29, 0.717) is 23.9 Å². The van der Waals surface area contributed by atoms with Gasteiger partial charge in [-0.05, 0) is 24.3 Å². The zero-order chi connectivity index (χ0) is 17.2. The molecule has 1 aromatic rings. The minimum Gasteiger partial charge on any atom is -0.344 e. The number of amides is 2. The smallest absolute Gasteiger partial charge is 0.246 e. The molecule has 0 bridgehead atoms. The van der Waals surface area contributed by atoms with Gasteiger partial charge >= 0.3 is 0 Å². The van der Waals surface area contributed by atoms with Gasteiger partial charge in [0.25, 0.3) is 0 Å². The summed E-state index contributed by atoms with van der Waals surface area (Å²) in [5.74, 6) is 0.0452. The van der Waals surface area contributed by atoms with E-state index in [0.717, 1.165) is 4.90 Å². The average Bonchev–Trinajstić information content (AvgIpc) is 2.51. The molecule has 1 unspecified atom stereocenters. The normalized spacial score (nSPS) is 11.4. The number of rotatable bonds is 9. The van der Waals surface area contributed by atoms with E-state index in [2.05, 4.69) is 18.5 Å². The van der Waals surface area contributed by atoms with Gasteiger partial charge in [-0.1, -0.05) is 23.8 Å². The Kier molecular flexibility index (Phi) is 8.51. The lowest BCUT2D eigenvalue weighted by Crippen LogP contribution is -2.49. The predicted molar refractivity (Wildman–Crippen MR) is 96.8 cm³/mol. The molecule has 1 rings (SSSR count). The topological polar surface area (TPSA) is 49.4 Å². The first-order valence-electron chi connectivity index (χ1n) is 7.14. The van der Waals surface area contributed by atoms with Crippen LogP contribution in [-0.4, -0.2) is 41.6 Å². The highest BCUT2D eigenvalue weighted by Crippen LogP contribution is 2.21. The van der Waals surface area contributed by atoms with Gasteiger partial charge in [0, 0.05) is 35.7 Å². The summed E-state index contributed by atoms with van der Waals surface area (Å²) in [4.78, 5) is 26.6. The van der Waals surface area contributed by atoms with Crippen molar-refractivity contribution in [3.63, 3.8) is 0 Å². The first-order chi connectivity index (χ1) is 11.0. The summed E-state index contributed by atoms with van der Waals surface area (Å²) in [6.45, 7) is 9.53. The fourth-order valence-electron chi connectivity index (χ4n) is 1.92. The molecule has 1 aromatic carbocycles. The van der Waals surface area contributed by atoms with Crippen molar-refractivity contribution in [2.45, 2.75) is 17.9 Å². The van der Waals surface area contributed by atoms with Gasteiger partial charge in [-0.3, -0.25) is 9.59 Å². The van der Waals surface area contributed by atoms with E-state index >= 15 is 0 Å². The van der Waals surface area contributed by atoms with E-state index in [1.807, 2.05) is 12.1 Å². The van der Waals surface area contributed by atoms with Crippen molar-refractivity contribution in [3.8, 4) is 0 Å². The number of thioether (sulfide) groups is 1. The molecule has 23 heavy (non-hydrogen) atoms. The van der Waals surface area contributed by atoms with Gasteiger partial charge in [0.05, 0.1) is 0 Å². The molecule has 0 heterocycles. The molecular weight excluding hydrogens is 332 g/mol. The summed E-state index contributed by atoms with van der Waals surface area (Å²) in [6.07, 6.45) is 3.30. The number of benzene rings is 1. The van der Waals surface area contributed by atoms with Gasteiger partial charge in [-0.25, -0.2) is 0 Å². The second-order valence-corrected chi connectivity index (χ2v) is 6.37. The van der Waals surface area contributed by atoms with E-state index in [1.165, 1.54) is 18.7 Å². The number of halogens is 1. The molecule has 0 saturated carbocycles. The van der Waals surface area contributed by atoms with Gasteiger partial charge in [0.1, 0.15) is 6.04 Å². The fourth-order valence-corrected chi connectivity index (χ4v) is 2.96. The van der Waals surface area contributed by atoms with E-state index in [4.69, 9.17) is 11.6 Å². The number of nitrogens with zero attached hydrogens (tertiary/aromatic N) is 1. The van der Waals surface area contributed by atoms with E-state index in [1.54, 1.807) is 29.2 Å². The number of nitrogens with one attached hydrogen (secondary N) is 1. The molecule has 0 radical (unpaired) electrons. The Morgan fingerprint density at radius 2 is 1.83 bits per heavy atom.